The first kappa shape index (κ1) is 14.8. The van der Waals surface area contributed by atoms with E-state index < -0.39 is 0 Å². The molecule has 0 atom stereocenters. The Labute approximate surface area is 133 Å². The summed E-state index contributed by atoms with van der Waals surface area (Å²) in [6, 6.07) is 13.0. The standard InChI is InChI=1S/C16H16ClN3O2/c17-14-6-5-13(16(9-14)20(21)22)11-19-8-7-18-10-12-3-1-2-4-15(12)19/h1-6,9,18H,7-8,10-11H2. The third kappa shape index (κ3) is 3.05. The maximum absolute atomic E-state index is 11.2. The molecular weight excluding hydrogens is 302 g/mol. The monoisotopic (exact) mass is 317 g/mol. The quantitative estimate of drug-likeness (QED) is 0.696. The maximum atomic E-state index is 11.2. The fourth-order valence-electron chi connectivity index (χ4n) is 2.74. The topological polar surface area (TPSA) is 58.4 Å². The van der Waals surface area contributed by atoms with E-state index in [-0.39, 0.29) is 10.6 Å². The number of nitro benzene ring substituents is 1. The van der Waals surface area contributed by atoms with Crippen molar-refractivity contribution in [3.63, 3.8) is 0 Å². The van der Waals surface area contributed by atoms with Crippen LogP contribution in [-0.2, 0) is 13.1 Å². The van der Waals surface area contributed by atoms with Gasteiger partial charge in [-0.2, -0.15) is 0 Å². The molecule has 114 valence electrons. The first-order valence-corrected chi connectivity index (χ1v) is 7.49. The van der Waals surface area contributed by atoms with Crippen molar-refractivity contribution in [2.75, 3.05) is 18.0 Å². The zero-order valence-electron chi connectivity index (χ0n) is 12.0. The van der Waals surface area contributed by atoms with Crippen molar-refractivity contribution < 1.29 is 4.92 Å². The van der Waals surface area contributed by atoms with Crippen molar-refractivity contribution in [1.82, 2.24) is 5.32 Å². The van der Waals surface area contributed by atoms with Gasteiger partial charge in [0, 0.05) is 48.5 Å². The molecule has 0 unspecified atom stereocenters. The molecule has 1 heterocycles. The zero-order valence-corrected chi connectivity index (χ0v) is 12.7. The SMILES string of the molecule is O=[N+]([O-])c1cc(Cl)ccc1CN1CCNCc2ccccc21. The Morgan fingerprint density at radius 1 is 1.27 bits per heavy atom. The molecule has 6 heteroatoms. The Morgan fingerprint density at radius 3 is 2.91 bits per heavy atom. The summed E-state index contributed by atoms with van der Waals surface area (Å²) in [5.41, 5.74) is 3.07. The second-order valence-corrected chi connectivity index (χ2v) is 5.69. The lowest BCUT2D eigenvalue weighted by molar-refractivity contribution is -0.385. The summed E-state index contributed by atoms with van der Waals surface area (Å²) in [6.45, 7) is 2.95. The number of hydrogen-bond acceptors (Lipinski definition) is 4. The minimum atomic E-state index is -0.372. The third-order valence-electron chi connectivity index (χ3n) is 3.81. The predicted molar refractivity (Wildman–Crippen MR) is 87.3 cm³/mol. The number of rotatable bonds is 3. The number of hydrogen-bond donors (Lipinski definition) is 1. The summed E-state index contributed by atoms with van der Waals surface area (Å²) in [4.78, 5) is 13.0. The smallest absolute Gasteiger partial charge is 0.275 e. The van der Waals surface area contributed by atoms with Crippen LogP contribution in [0, 0.1) is 10.1 Å². The number of benzene rings is 2. The van der Waals surface area contributed by atoms with E-state index in [1.807, 2.05) is 12.1 Å². The molecule has 0 radical (unpaired) electrons. The number of nitrogens with zero attached hydrogens (tertiary/aromatic N) is 2. The summed E-state index contributed by atoms with van der Waals surface area (Å²) < 4.78 is 0. The first-order chi connectivity index (χ1) is 10.6. The molecule has 2 aromatic carbocycles. The Morgan fingerprint density at radius 2 is 2.09 bits per heavy atom. The Bertz CT molecular complexity index is 706. The largest absolute Gasteiger partial charge is 0.365 e. The van der Waals surface area contributed by atoms with Gasteiger partial charge in [0.05, 0.1) is 4.92 Å². The summed E-state index contributed by atoms with van der Waals surface area (Å²) in [5, 5.41) is 15.0. The molecule has 1 aliphatic rings. The van der Waals surface area contributed by atoms with Crippen LogP contribution in [0.5, 0.6) is 0 Å². The van der Waals surface area contributed by atoms with Crippen molar-refractivity contribution in [2.24, 2.45) is 0 Å². The van der Waals surface area contributed by atoms with Gasteiger partial charge in [0.2, 0.25) is 0 Å². The second-order valence-electron chi connectivity index (χ2n) is 5.26. The summed E-state index contributed by atoms with van der Waals surface area (Å²) >= 11 is 5.88. The molecule has 0 fully saturated rings. The highest BCUT2D eigenvalue weighted by atomic mass is 35.5. The summed E-state index contributed by atoms with van der Waals surface area (Å²) in [5.74, 6) is 0. The molecule has 5 nitrogen and oxygen atoms in total. The maximum Gasteiger partial charge on any atom is 0.275 e. The lowest BCUT2D eigenvalue weighted by atomic mass is 10.1. The molecule has 0 aliphatic carbocycles. The molecule has 0 aromatic heterocycles. The first-order valence-electron chi connectivity index (χ1n) is 7.11. The molecule has 3 rings (SSSR count). The minimum Gasteiger partial charge on any atom is -0.365 e. The van der Waals surface area contributed by atoms with Crippen molar-refractivity contribution in [2.45, 2.75) is 13.1 Å². The van der Waals surface area contributed by atoms with Gasteiger partial charge in [0.1, 0.15) is 0 Å². The van der Waals surface area contributed by atoms with E-state index in [0.717, 1.165) is 25.3 Å². The van der Waals surface area contributed by atoms with Crippen LogP contribution in [0.1, 0.15) is 11.1 Å². The number of fused-ring (bicyclic) bond motifs is 1. The highest BCUT2D eigenvalue weighted by Crippen LogP contribution is 2.28. The van der Waals surface area contributed by atoms with Crippen LogP contribution in [0.25, 0.3) is 0 Å². The average molecular weight is 318 g/mol. The molecule has 1 aliphatic heterocycles. The van der Waals surface area contributed by atoms with Crippen molar-refractivity contribution in [3.05, 3.63) is 68.7 Å². The number of anilines is 1. The number of halogens is 1. The molecule has 22 heavy (non-hydrogen) atoms. The van der Waals surface area contributed by atoms with Crippen molar-refractivity contribution >= 4 is 23.0 Å². The molecular formula is C16H16ClN3O2. The van der Waals surface area contributed by atoms with Crippen LogP contribution in [-0.4, -0.2) is 18.0 Å². The van der Waals surface area contributed by atoms with Gasteiger partial charge in [0.15, 0.2) is 0 Å². The zero-order chi connectivity index (χ0) is 15.5. The third-order valence-corrected chi connectivity index (χ3v) is 4.05. The van der Waals surface area contributed by atoms with E-state index in [2.05, 4.69) is 22.3 Å². The second kappa shape index (κ2) is 6.34. The molecule has 0 amide bonds. The fraction of sp³-hybridized carbons (Fsp3) is 0.250. The van der Waals surface area contributed by atoms with Gasteiger partial charge in [-0.25, -0.2) is 0 Å². The number of para-hydroxylation sites is 1. The molecule has 0 bridgehead atoms. The highest BCUT2D eigenvalue weighted by molar-refractivity contribution is 6.30. The van der Waals surface area contributed by atoms with Crippen LogP contribution >= 0.6 is 11.6 Å². The average Bonchev–Trinajstić information content (AvgIpc) is 2.71. The molecule has 0 spiro atoms. The van der Waals surface area contributed by atoms with Crippen LogP contribution in [0.2, 0.25) is 5.02 Å². The Kier molecular flexibility index (Phi) is 4.27. The molecule has 1 N–H and O–H groups in total. The van der Waals surface area contributed by atoms with Gasteiger partial charge < -0.3 is 10.2 Å². The van der Waals surface area contributed by atoms with Gasteiger partial charge in [-0.1, -0.05) is 29.8 Å². The fourth-order valence-corrected chi connectivity index (χ4v) is 2.90. The van der Waals surface area contributed by atoms with Crippen LogP contribution in [0.15, 0.2) is 42.5 Å². The minimum absolute atomic E-state index is 0.0715. The summed E-state index contributed by atoms with van der Waals surface area (Å²) in [7, 11) is 0. The van der Waals surface area contributed by atoms with Crippen molar-refractivity contribution in [3.8, 4) is 0 Å². The summed E-state index contributed by atoms with van der Waals surface area (Å²) in [6.07, 6.45) is 0. The molecule has 0 saturated carbocycles. The number of nitrogens with one attached hydrogen (secondary N) is 1. The van der Waals surface area contributed by atoms with Crippen molar-refractivity contribution in [1.29, 1.82) is 0 Å². The highest BCUT2D eigenvalue weighted by Gasteiger charge is 2.20. The lowest BCUT2D eigenvalue weighted by Crippen LogP contribution is -2.28. The van der Waals surface area contributed by atoms with Crippen LogP contribution in [0.3, 0.4) is 0 Å². The van der Waals surface area contributed by atoms with Gasteiger partial charge >= 0.3 is 0 Å². The van der Waals surface area contributed by atoms with E-state index in [4.69, 9.17) is 11.6 Å². The van der Waals surface area contributed by atoms with Gasteiger partial charge in [-0.05, 0) is 23.8 Å². The van der Waals surface area contributed by atoms with E-state index in [9.17, 15) is 10.1 Å². The predicted octanol–water partition coefficient (Wildman–Crippen LogP) is 3.36. The van der Waals surface area contributed by atoms with E-state index in [1.54, 1.807) is 12.1 Å². The van der Waals surface area contributed by atoms with E-state index >= 15 is 0 Å². The lowest BCUT2D eigenvalue weighted by Gasteiger charge is -2.24. The Hall–Kier alpha value is -2.11. The molecule has 2 aromatic rings. The van der Waals surface area contributed by atoms with Gasteiger partial charge in [-0.3, -0.25) is 10.1 Å². The van der Waals surface area contributed by atoms with Gasteiger partial charge in [0.25, 0.3) is 5.69 Å². The number of nitro groups is 1. The van der Waals surface area contributed by atoms with E-state index in [0.29, 0.717) is 17.1 Å². The van der Waals surface area contributed by atoms with Crippen LogP contribution in [0.4, 0.5) is 11.4 Å². The normalized spacial score (nSPS) is 14.3. The van der Waals surface area contributed by atoms with Gasteiger partial charge in [-0.15, -0.1) is 0 Å². The molecule has 0 saturated heterocycles. The Balaban J connectivity index is 1.95. The van der Waals surface area contributed by atoms with Crippen LogP contribution < -0.4 is 10.2 Å². The van der Waals surface area contributed by atoms with E-state index in [1.165, 1.54) is 11.6 Å².